The van der Waals surface area contributed by atoms with Gasteiger partial charge in [-0.05, 0) is 43.7 Å². The van der Waals surface area contributed by atoms with Gasteiger partial charge in [-0.1, -0.05) is 17.3 Å². The number of nitrogens with zero attached hydrogens (tertiary/aromatic N) is 3. The van der Waals surface area contributed by atoms with Crippen LogP contribution in [0.3, 0.4) is 0 Å². The van der Waals surface area contributed by atoms with E-state index < -0.39 is 18.8 Å². The standard InChI is InChI=1S/C24H24F3N5O5/c1-12-20(13(2)37-31-12)16-8-9-17-21(29-16)32(10-19(33)28-17)23-22(35-23)30-18(11-34-3)14-4-6-15(7-5-14)36-24(25,26)27/h4-9,18,22-23,30H,10-11H2,1-3H3,(H,28,33). The monoisotopic (exact) mass is 519 g/mol. The molecule has 1 fully saturated rings. The van der Waals surface area contributed by atoms with Crippen molar-refractivity contribution in [3.8, 4) is 17.0 Å². The number of aryl methyl sites for hydroxylation is 2. The van der Waals surface area contributed by atoms with Gasteiger partial charge in [0.2, 0.25) is 5.91 Å². The zero-order valence-electron chi connectivity index (χ0n) is 20.1. The summed E-state index contributed by atoms with van der Waals surface area (Å²) in [4.78, 5) is 18.9. The number of rotatable bonds is 8. The maximum Gasteiger partial charge on any atom is 0.573 e. The molecule has 13 heteroatoms. The van der Waals surface area contributed by atoms with E-state index in [1.165, 1.54) is 31.4 Å². The number of carbonyl (C=O) groups excluding carboxylic acids is 1. The molecule has 1 aromatic carbocycles. The fourth-order valence-electron chi connectivity index (χ4n) is 4.35. The van der Waals surface area contributed by atoms with Gasteiger partial charge in [-0.15, -0.1) is 13.2 Å². The Morgan fingerprint density at radius 3 is 2.62 bits per heavy atom. The van der Waals surface area contributed by atoms with Gasteiger partial charge in [-0.25, -0.2) is 4.98 Å². The summed E-state index contributed by atoms with van der Waals surface area (Å²) in [6, 6.07) is 8.70. The molecule has 0 saturated carbocycles. The van der Waals surface area contributed by atoms with Crippen LogP contribution in [0.1, 0.15) is 23.1 Å². The lowest BCUT2D eigenvalue weighted by molar-refractivity contribution is -0.274. The Morgan fingerprint density at radius 2 is 1.97 bits per heavy atom. The highest BCUT2D eigenvalue weighted by atomic mass is 19.4. The van der Waals surface area contributed by atoms with E-state index in [1.54, 1.807) is 24.0 Å². The first-order chi connectivity index (χ1) is 17.6. The number of halogens is 3. The number of anilines is 2. The molecular weight excluding hydrogens is 495 g/mol. The lowest BCUT2D eigenvalue weighted by Gasteiger charge is -2.29. The third kappa shape index (κ3) is 5.38. The van der Waals surface area contributed by atoms with Crippen molar-refractivity contribution in [2.45, 2.75) is 38.7 Å². The van der Waals surface area contributed by atoms with Gasteiger partial charge in [-0.2, -0.15) is 0 Å². The number of fused-ring (bicyclic) bond motifs is 1. The second kappa shape index (κ2) is 9.65. The van der Waals surface area contributed by atoms with Gasteiger partial charge in [-0.3, -0.25) is 10.1 Å². The summed E-state index contributed by atoms with van der Waals surface area (Å²) in [7, 11) is 1.52. The third-order valence-corrected chi connectivity index (χ3v) is 6.02. The van der Waals surface area contributed by atoms with Crippen molar-refractivity contribution in [1.29, 1.82) is 0 Å². The van der Waals surface area contributed by atoms with Crippen molar-refractivity contribution >= 4 is 17.4 Å². The SMILES string of the molecule is COCC(NC1OC1N1CC(=O)Nc2ccc(-c3c(C)noc3C)nc21)c1ccc(OC(F)(F)F)cc1. The van der Waals surface area contributed by atoms with Gasteiger partial charge in [0.15, 0.2) is 18.3 Å². The zero-order chi connectivity index (χ0) is 26.3. The second-order valence-corrected chi connectivity index (χ2v) is 8.68. The number of nitrogens with one attached hydrogen (secondary N) is 2. The number of benzene rings is 1. The largest absolute Gasteiger partial charge is 0.573 e. The van der Waals surface area contributed by atoms with Gasteiger partial charge in [0, 0.05) is 7.11 Å². The number of epoxide rings is 1. The molecule has 37 heavy (non-hydrogen) atoms. The van der Waals surface area contributed by atoms with Crippen molar-refractivity contribution in [3.05, 3.63) is 53.4 Å². The van der Waals surface area contributed by atoms with Crippen molar-refractivity contribution < 1.29 is 36.7 Å². The number of hydrogen-bond donors (Lipinski definition) is 2. The van der Waals surface area contributed by atoms with E-state index in [1.807, 2.05) is 6.92 Å². The van der Waals surface area contributed by atoms with Gasteiger partial charge in [0.25, 0.3) is 0 Å². The van der Waals surface area contributed by atoms with Crippen LogP contribution in [-0.2, 0) is 14.3 Å². The number of methoxy groups -OCH3 is 1. The first-order valence-corrected chi connectivity index (χ1v) is 11.4. The molecule has 3 unspecified atom stereocenters. The number of pyridine rings is 1. The van der Waals surface area contributed by atoms with Gasteiger partial charge in [0.05, 0.1) is 35.3 Å². The summed E-state index contributed by atoms with van der Waals surface area (Å²) in [5.41, 5.74) is 3.37. The summed E-state index contributed by atoms with van der Waals surface area (Å²) in [6.07, 6.45) is -5.74. The van der Waals surface area contributed by atoms with Crippen molar-refractivity contribution in [3.63, 3.8) is 0 Å². The van der Waals surface area contributed by atoms with E-state index >= 15 is 0 Å². The topological polar surface area (TPSA) is 114 Å². The molecule has 0 aliphatic carbocycles. The van der Waals surface area contributed by atoms with Crippen LogP contribution in [-0.4, -0.2) is 55.1 Å². The average Bonchev–Trinajstić information content (AvgIpc) is 3.52. The molecule has 4 heterocycles. The quantitative estimate of drug-likeness (QED) is 0.430. The second-order valence-electron chi connectivity index (χ2n) is 8.68. The average molecular weight is 519 g/mol. The highest BCUT2D eigenvalue weighted by Crippen LogP contribution is 2.38. The molecule has 2 aliphatic rings. The number of carbonyl (C=O) groups is 1. The molecular formula is C24H24F3N5O5. The predicted octanol–water partition coefficient (Wildman–Crippen LogP) is 3.67. The molecule has 0 spiro atoms. The Morgan fingerprint density at radius 1 is 1.22 bits per heavy atom. The van der Waals surface area contributed by atoms with E-state index in [0.717, 1.165) is 5.56 Å². The summed E-state index contributed by atoms with van der Waals surface area (Å²) in [5, 5.41) is 10.1. The van der Waals surface area contributed by atoms with E-state index in [-0.39, 0.29) is 30.9 Å². The van der Waals surface area contributed by atoms with Crippen molar-refractivity contribution in [2.24, 2.45) is 0 Å². The molecule has 2 aromatic heterocycles. The minimum absolute atomic E-state index is 0.0341. The van der Waals surface area contributed by atoms with Crippen molar-refractivity contribution in [2.75, 3.05) is 30.5 Å². The molecule has 1 saturated heterocycles. The molecule has 3 aromatic rings. The lowest BCUT2D eigenvalue weighted by atomic mass is 10.1. The number of amides is 1. The Labute approximate surface area is 209 Å². The Kier molecular flexibility index (Phi) is 6.52. The molecule has 2 aliphatic heterocycles. The van der Waals surface area contributed by atoms with Gasteiger partial charge >= 0.3 is 6.36 Å². The summed E-state index contributed by atoms with van der Waals surface area (Å²) >= 11 is 0. The van der Waals surface area contributed by atoms with E-state index in [0.29, 0.717) is 34.2 Å². The maximum atomic E-state index is 12.5. The van der Waals surface area contributed by atoms with Crippen LogP contribution in [0.2, 0.25) is 0 Å². The maximum absolute atomic E-state index is 12.5. The number of aromatic nitrogens is 2. The predicted molar refractivity (Wildman–Crippen MR) is 125 cm³/mol. The molecule has 2 N–H and O–H groups in total. The summed E-state index contributed by atoms with van der Waals surface area (Å²) in [6.45, 7) is 3.90. The number of hydrogen-bond acceptors (Lipinski definition) is 9. The third-order valence-electron chi connectivity index (χ3n) is 6.02. The molecule has 1 amide bonds. The van der Waals surface area contributed by atoms with Crippen LogP contribution < -0.4 is 20.3 Å². The summed E-state index contributed by atoms with van der Waals surface area (Å²) < 4.78 is 57.8. The highest BCUT2D eigenvalue weighted by molar-refractivity contribution is 6.00. The van der Waals surface area contributed by atoms with Crippen LogP contribution in [0.25, 0.3) is 11.3 Å². The number of alkyl halides is 3. The Bertz CT molecular complexity index is 1280. The first-order valence-electron chi connectivity index (χ1n) is 11.4. The van der Waals surface area contributed by atoms with E-state index in [9.17, 15) is 18.0 Å². The van der Waals surface area contributed by atoms with Crippen molar-refractivity contribution in [1.82, 2.24) is 15.5 Å². The lowest BCUT2D eigenvalue weighted by Crippen LogP contribution is -2.43. The minimum atomic E-state index is -4.77. The molecule has 3 atom stereocenters. The van der Waals surface area contributed by atoms with Crippen LogP contribution in [0.15, 0.2) is 40.9 Å². The first kappa shape index (κ1) is 25.0. The number of ether oxygens (including phenoxy) is 3. The van der Waals surface area contributed by atoms with Crippen LogP contribution in [0.5, 0.6) is 5.75 Å². The zero-order valence-corrected chi connectivity index (χ0v) is 20.1. The highest BCUT2D eigenvalue weighted by Gasteiger charge is 2.48. The fourth-order valence-corrected chi connectivity index (χ4v) is 4.35. The Hall–Kier alpha value is -3.68. The van der Waals surface area contributed by atoms with Crippen LogP contribution in [0, 0.1) is 13.8 Å². The normalized spacial score (nSPS) is 19.8. The molecule has 5 rings (SSSR count). The molecule has 0 radical (unpaired) electrons. The fraction of sp³-hybridized carbons (Fsp3) is 0.375. The van der Waals surface area contributed by atoms with Gasteiger partial charge in [0.1, 0.15) is 18.1 Å². The van der Waals surface area contributed by atoms with Gasteiger partial charge < -0.3 is 29.0 Å². The molecule has 196 valence electrons. The molecule has 10 nitrogen and oxygen atoms in total. The molecule has 0 bridgehead atoms. The van der Waals surface area contributed by atoms with Crippen LogP contribution >= 0.6 is 0 Å². The summed E-state index contributed by atoms with van der Waals surface area (Å²) in [5.74, 6) is 0.655. The van der Waals surface area contributed by atoms with E-state index in [2.05, 4.69) is 20.5 Å². The smallest absolute Gasteiger partial charge is 0.406 e. The van der Waals surface area contributed by atoms with Crippen LogP contribution in [0.4, 0.5) is 24.7 Å². The Balaban J connectivity index is 1.34. The minimum Gasteiger partial charge on any atom is -0.406 e. The van der Waals surface area contributed by atoms with E-state index in [4.69, 9.17) is 19.0 Å².